The number of ether oxygens (including phenoxy) is 1. The van der Waals surface area contributed by atoms with E-state index >= 15 is 0 Å². The highest BCUT2D eigenvalue weighted by molar-refractivity contribution is 5.68. The van der Waals surface area contributed by atoms with E-state index in [2.05, 4.69) is 10.1 Å². The average Bonchev–Trinajstić information content (AvgIpc) is 3.03. The average molecular weight is 343 g/mol. The van der Waals surface area contributed by atoms with Gasteiger partial charge in [0.2, 0.25) is 0 Å². The number of carbonyl (C=O) groups excluding carboxylic acids is 1. The number of carbonyl (C=O) groups is 1. The molecule has 0 bridgehead atoms. The molecule has 1 aliphatic heterocycles. The molecule has 0 unspecified atom stereocenters. The molecule has 0 saturated carbocycles. The Balaban J connectivity index is 1.51. The van der Waals surface area contributed by atoms with Gasteiger partial charge in [-0.2, -0.15) is 0 Å². The smallest absolute Gasteiger partial charge is 0.410 e. The predicted molar refractivity (Wildman–Crippen MR) is 95.0 cm³/mol. The zero-order valence-electron chi connectivity index (χ0n) is 15.1. The monoisotopic (exact) mass is 343 g/mol. The molecule has 0 atom stereocenters. The highest BCUT2D eigenvalue weighted by atomic mass is 16.6. The van der Waals surface area contributed by atoms with Gasteiger partial charge >= 0.3 is 6.09 Å². The van der Waals surface area contributed by atoms with Crippen LogP contribution < -0.4 is 0 Å². The summed E-state index contributed by atoms with van der Waals surface area (Å²) in [6, 6.07) is 11.9. The molecule has 6 nitrogen and oxygen atoms in total. The Kier molecular flexibility index (Phi) is 5.08. The van der Waals surface area contributed by atoms with E-state index in [9.17, 15) is 4.79 Å². The summed E-state index contributed by atoms with van der Waals surface area (Å²) in [6.07, 6.45) is -0.236. The first-order valence-electron chi connectivity index (χ1n) is 8.62. The minimum atomic E-state index is -0.456. The van der Waals surface area contributed by atoms with E-state index in [1.54, 1.807) is 4.90 Å². The van der Waals surface area contributed by atoms with E-state index in [4.69, 9.17) is 9.26 Å². The van der Waals surface area contributed by atoms with E-state index in [1.807, 2.05) is 57.2 Å². The molecular weight excluding hydrogens is 318 g/mol. The van der Waals surface area contributed by atoms with Gasteiger partial charge in [0.15, 0.2) is 5.76 Å². The molecule has 1 saturated heterocycles. The maximum absolute atomic E-state index is 12.1. The van der Waals surface area contributed by atoms with Crippen molar-refractivity contribution in [2.75, 3.05) is 26.2 Å². The topological polar surface area (TPSA) is 58.8 Å². The molecule has 0 aliphatic carbocycles. The Labute approximate surface area is 148 Å². The number of piperazine rings is 1. The van der Waals surface area contributed by atoms with Gasteiger partial charge in [0.1, 0.15) is 5.60 Å². The first-order valence-corrected chi connectivity index (χ1v) is 8.62. The zero-order chi connectivity index (χ0) is 17.9. The summed E-state index contributed by atoms with van der Waals surface area (Å²) in [6.45, 7) is 9.30. The highest BCUT2D eigenvalue weighted by Crippen LogP contribution is 2.21. The van der Waals surface area contributed by atoms with E-state index in [1.165, 1.54) is 0 Å². The van der Waals surface area contributed by atoms with E-state index < -0.39 is 5.60 Å². The van der Waals surface area contributed by atoms with Gasteiger partial charge in [0.05, 0.1) is 5.69 Å². The molecule has 0 radical (unpaired) electrons. The molecule has 134 valence electrons. The van der Waals surface area contributed by atoms with Crippen molar-refractivity contribution in [2.45, 2.75) is 32.9 Å². The second-order valence-corrected chi connectivity index (χ2v) is 7.29. The lowest BCUT2D eigenvalue weighted by molar-refractivity contribution is 0.0137. The molecule has 6 heteroatoms. The van der Waals surface area contributed by atoms with E-state index in [0.29, 0.717) is 13.1 Å². The van der Waals surface area contributed by atoms with Crippen LogP contribution in [0.15, 0.2) is 40.9 Å². The normalized spacial score (nSPS) is 16.0. The molecule has 3 rings (SSSR count). The lowest BCUT2D eigenvalue weighted by Gasteiger charge is -2.35. The van der Waals surface area contributed by atoms with Crippen molar-refractivity contribution in [3.63, 3.8) is 0 Å². The lowest BCUT2D eigenvalue weighted by atomic mass is 10.1. The van der Waals surface area contributed by atoms with Crippen LogP contribution in [0.5, 0.6) is 0 Å². The Hall–Kier alpha value is -2.34. The van der Waals surface area contributed by atoms with Crippen LogP contribution in [-0.4, -0.2) is 52.8 Å². The van der Waals surface area contributed by atoms with E-state index in [-0.39, 0.29) is 6.09 Å². The summed E-state index contributed by atoms with van der Waals surface area (Å²) in [5.74, 6) is 0.781. The third-order valence-corrected chi connectivity index (χ3v) is 4.03. The van der Waals surface area contributed by atoms with Crippen molar-refractivity contribution >= 4 is 6.09 Å². The number of hydrogen-bond acceptors (Lipinski definition) is 5. The number of rotatable bonds is 3. The number of benzene rings is 1. The summed E-state index contributed by atoms with van der Waals surface area (Å²) < 4.78 is 10.9. The van der Waals surface area contributed by atoms with Gasteiger partial charge in [-0.15, -0.1) is 0 Å². The van der Waals surface area contributed by atoms with Gasteiger partial charge in [-0.25, -0.2) is 4.79 Å². The lowest BCUT2D eigenvalue weighted by Crippen LogP contribution is -2.49. The van der Waals surface area contributed by atoms with Gasteiger partial charge in [-0.1, -0.05) is 35.5 Å². The first-order chi connectivity index (χ1) is 11.9. The number of amides is 1. The van der Waals surface area contributed by atoms with Crippen molar-refractivity contribution in [3.05, 3.63) is 42.1 Å². The number of hydrogen-bond donors (Lipinski definition) is 0. The van der Waals surface area contributed by atoms with Crippen LogP contribution in [0.1, 0.15) is 26.5 Å². The first kappa shape index (κ1) is 17.5. The summed E-state index contributed by atoms with van der Waals surface area (Å²) in [7, 11) is 0. The van der Waals surface area contributed by atoms with E-state index in [0.717, 1.165) is 36.7 Å². The quantitative estimate of drug-likeness (QED) is 0.855. The number of aromatic nitrogens is 1. The summed E-state index contributed by atoms with van der Waals surface area (Å²) in [5.41, 5.74) is 1.48. The van der Waals surface area contributed by atoms with Gasteiger partial charge in [0.25, 0.3) is 0 Å². The van der Waals surface area contributed by atoms with Crippen LogP contribution in [0, 0.1) is 0 Å². The number of nitrogens with zero attached hydrogens (tertiary/aromatic N) is 3. The third kappa shape index (κ3) is 4.82. The summed E-state index contributed by atoms with van der Waals surface area (Å²) in [4.78, 5) is 16.1. The molecule has 1 aliphatic rings. The van der Waals surface area contributed by atoms with Crippen molar-refractivity contribution in [1.82, 2.24) is 15.0 Å². The molecule has 1 fully saturated rings. The fraction of sp³-hybridized carbons (Fsp3) is 0.474. The molecule has 1 aromatic carbocycles. The van der Waals surface area contributed by atoms with Crippen molar-refractivity contribution in [2.24, 2.45) is 0 Å². The van der Waals surface area contributed by atoms with Crippen LogP contribution in [0.25, 0.3) is 11.3 Å². The minimum absolute atomic E-state index is 0.236. The Morgan fingerprint density at radius 3 is 2.48 bits per heavy atom. The van der Waals surface area contributed by atoms with Crippen LogP contribution in [0.3, 0.4) is 0 Å². The molecule has 25 heavy (non-hydrogen) atoms. The molecule has 0 spiro atoms. The molecule has 2 aromatic rings. The van der Waals surface area contributed by atoms with Gasteiger partial charge in [-0.3, -0.25) is 4.90 Å². The Bertz CT molecular complexity index is 698. The second-order valence-electron chi connectivity index (χ2n) is 7.29. The predicted octanol–water partition coefficient (Wildman–Crippen LogP) is 3.39. The van der Waals surface area contributed by atoms with Gasteiger partial charge in [-0.05, 0) is 20.8 Å². The maximum Gasteiger partial charge on any atom is 0.410 e. The standard InChI is InChI=1S/C19H25N3O3/c1-19(2,3)24-18(23)22-11-9-21(10-12-22)14-16-13-17(25-20-16)15-7-5-4-6-8-15/h4-8,13H,9-12,14H2,1-3H3. The van der Waals surface area contributed by atoms with Gasteiger partial charge in [0, 0.05) is 44.4 Å². The Morgan fingerprint density at radius 1 is 1.16 bits per heavy atom. The van der Waals surface area contributed by atoms with Crippen molar-refractivity contribution in [1.29, 1.82) is 0 Å². The Morgan fingerprint density at radius 2 is 1.84 bits per heavy atom. The summed E-state index contributed by atoms with van der Waals surface area (Å²) >= 11 is 0. The fourth-order valence-corrected chi connectivity index (χ4v) is 2.77. The van der Waals surface area contributed by atoms with Gasteiger partial charge < -0.3 is 14.2 Å². The highest BCUT2D eigenvalue weighted by Gasteiger charge is 2.26. The maximum atomic E-state index is 12.1. The zero-order valence-corrected chi connectivity index (χ0v) is 15.1. The third-order valence-electron chi connectivity index (χ3n) is 4.03. The van der Waals surface area contributed by atoms with Crippen LogP contribution in [0.2, 0.25) is 0 Å². The largest absolute Gasteiger partial charge is 0.444 e. The van der Waals surface area contributed by atoms with Crippen LogP contribution >= 0.6 is 0 Å². The molecule has 1 aromatic heterocycles. The van der Waals surface area contributed by atoms with Crippen LogP contribution in [-0.2, 0) is 11.3 Å². The fourth-order valence-electron chi connectivity index (χ4n) is 2.77. The molecular formula is C19H25N3O3. The van der Waals surface area contributed by atoms with Crippen LogP contribution in [0.4, 0.5) is 4.79 Å². The molecule has 0 N–H and O–H groups in total. The minimum Gasteiger partial charge on any atom is -0.444 e. The molecule has 1 amide bonds. The SMILES string of the molecule is CC(C)(C)OC(=O)N1CCN(Cc2cc(-c3ccccc3)on2)CC1. The van der Waals surface area contributed by atoms with Crippen molar-refractivity contribution in [3.8, 4) is 11.3 Å². The second kappa shape index (κ2) is 7.27. The summed E-state index contributed by atoms with van der Waals surface area (Å²) in [5, 5.41) is 4.17. The van der Waals surface area contributed by atoms with Crippen molar-refractivity contribution < 1.29 is 14.1 Å². The molecule has 2 heterocycles.